The van der Waals surface area contributed by atoms with Gasteiger partial charge in [0.2, 0.25) is 0 Å². The monoisotopic (exact) mass is 620 g/mol. The number of aromatic nitrogens is 1. The van der Waals surface area contributed by atoms with Gasteiger partial charge in [-0.1, -0.05) is 29.8 Å². The van der Waals surface area contributed by atoms with Crippen molar-refractivity contribution in [3.8, 4) is 0 Å². The minimum Gasteiger partial charge on any atom is -0.369 e. The van der Waals surface area contributed by atoms with Crippen LogP contribution in [0.3, 0.4) is 0 Å². The molecule has 222 valence electrons. The summed E-state index contributed by atoms with van der Waals surface area (Å²) >= 11 is 5.96. The number of amides is 1. The number of benzene rings is 3. The van der Waals surface area contributed by atoms with E-state index in [9.17, 15) is 22.4 Å². The Morgan fingerprint density at radius 3 is 2.49 bits per heavy atom. The average Bonchev–Trinajstić information content (AvgIpc) is 2.98. The van der Waals surface area contributed by atoms with E-state index in [1.54, 1.807) is 36.4 Å². The Bertz CT molecular complexity index is 1830. The molecule has 2 atom stereocenters. The second-order valence-corrected chi connectivity index (χ2v) is 13.1. The van der Waals surface area contributed by atoms with Gasteiger partial charge >= 0.3 is 0 Å². The zero-order valence-corrected chi connectivity index (χ0v) is 24.7. The van der Waals surface area contributed by atoms with Crippen LogP contribution in [0.2, 0.25) is 5.02 Å². The first-order valence-corrected chi connectivity index (χ1v) is 15.9. The maximum Gasteiger partial charge on any atom is 0.261 e. The molecular formula is C32H30ClFN4O4S. The van der Waals surface area contributed by atoms with Crippen LogP contribution >= 0.6 is 11.6 Å². The largest absolute Gasteiger partial charge is 0.369 e. The second kappa shape index (κ2) is 11.9. The van der Waals surface area contributed by atoms with E-state index in [2.05, 4.69) is 14.9 Å². The zero-order valence-electron chi connectivity index (χ0n) is 23.2. The summed E-state index contributed by atoms with van der Waals surface area (Å²) in [7, 11) is -4.09. The Balaban J connectivity index is 1.28. The Morgan fingerprint density at radius 2 is 1.72 bits per heavy atom. The lowest BCUT2D eigenvalue weighted by molar-refractivity contribution is 0.0954. The maximum absolute atomic E-state index is 13.5. The van der Waals surface area contributed by atoms with E-state index in [1.165, 1.54) is 18.2 Å². The van der Waals surface area contributed by atoms with E-state index in [0.29, 0.717) is 48.9 Å². The molecule has 0 radical (unpaired) electrons. The summed E-state index contributed by atoms with van der Waals surface area (Å²) < 4.78 is 44.8. The second-order valence-electron chi connectivity index (χ2n) is 11.0. The van der Waals surface area contributed by atoms with Gasteiger partial charge in [-0.25, -0.2) is 12.8 Å². The van der Waals surface area contributed by atoms with E-state index in [4.69, 9.17) is 11.6 Å². The van der Waals surface area contributed by atoms with Crippen molar-refractivity contribution in [1.82, 2.24) is 9.88 Å². The summed E-state index contributed by atoms with van der Waals surface area (Å²) in [5.74, 6) is -0.592. The highest BCUT2D eigenvalue weighted by Gasteiger charge is 2.35. The van der Waals surface area contributed by atoms with Crippen LogP contribution in [0.1, 0.15) is 34.0 Å². The van der Waals surface area contributed by atoms with Gasteiger partial charge in [-0.3, -0.25) is 14.3 Å². The lowest BCUT2D eigenvalue weighted by Crippen LogP contribution is -2.47. The van der Waals surface area contributed by atoms with E-state index in [-0.39, 0.29) is 33.9 Å². The van der Waals surface area contributed by atoms with E-state index in [0.717, 1.165) is 29.8 Å². The molecular weight excluding hydrogens is 591 g/mol. The van der Waals surface area contributed by atoms with Gasteiger partial charge in [0.05, 0.1) is 16.3 Å². The highest BCUT2D eigenvalue weighted by atomic mass is 35.5. The molecule has 2 N–H and O–H groups in total. The van der Waals surface area contributed by atoms with Crippen molar-refractivity contribution in [2.75, 3.05) is 29.3 Å². The van der Waals surface area contributed by atoms with Gasteiger partial charge in [0.25, 0.3) is 21.5 Å². The molecule has 8 nitrogen and oxygen atoms in total. The highest BCUT2D eigenvalue weighted by molar-refractivity contribution is 7.92. The average molecular weight is 621 g/mol. The number of rotatable bonds is 8. The number of carbonyl (C=O) groups is 1. The van der Waals surface area contributed by atoms with Crippen molar-refractivity contribution in [2.24, 2.45) is 5.92 Å². The molecule has 3 aromatic carbocycles. The third-order valence-electron chi connectivity index (χ3n) is 8.06. The SMILES string of the molecule is O=C(NCCc1ccc(Cl)cc1)c1ccc(N2C[C@H]3C[C@@H](C2)c2cccc(=O)n2C3)c(NS(=O)(=O)c2ccc(F)cc2)c1. The number of anilines is 2. The summed E-state index contributed by atoms with van der Waals surface area (Å²) in [4.78, 5) is 27.6. The van der Waals surface area contributed by atoms with Crippen LogP contribution in [0.25, 0.3) is 0 Å². The van der Waals surface area contributed by atoms with Gasteiger partial charge < -0.3 is 14.8 Å². The molecule has 43 heavy (non-hydrogen) atoms. The van der Waals surface area contributed by atoms with Crippen molar-refractivity contribution in [3.63, 3.8) is 0 Å². The number of carbonyl (C=O) groups excluding carboxylic acids is 1. The fourth-order valence-electron chi connectivity index (χ4n) is 6.02. The highest BCUT2D eigenvalue weighted by Crippen LogP contribution is 2.39. The van der Waals surface area contributed by atoms with Gasteiger partial charge in [0.1, 0.15) is 5.82 Å². The number of piperidine rings is 1. The normalized spacial score (nSPS) is 17.7. The third kappa shape index (κ3) is 6.30. The fourth-order valence-corrected chi connectivity index (χ4v) is 7.21. The van der Waals surface area contributed by atoms with Crippen molar-refractivity contribution in [3.05, 3.63) is 123 Å². The molecule has 1 saturated heterocycles. The zero-order chi connectivity index (χ0) is 30.1. The topological polar surface area (TPSA) is 101 Å². The molecule has 6 rings (SSSR count). The minimum atomic E-state index is -4.09. The molecule has 2 aliphatic heterocycles. The van der Waals surface area contributed by atoms with Crippen LogP contribution < -0.4 is 20.5 Å². The number of pyridine rings is 1. The van der Waals surface area contributed by atoms with Crippen LogP contribution in [-0.4, -0.2) is 38.5 Å². The molecule has 11 heteroatoms. The number of fused-ring (bicyclic) bond motifs is 4. The Morgan fingerprint density at radius 1 is 0.953 bits per heavy atom. The molecule has 2 aliphatic rings. The number of sulfonamides is 1. The number of hydrogen-bond donors (Lipinski definition) is 2. The Hall–Kier alpha value is -4.15. The first kappa shape index (κ1) is 28.9. The predicted molar refractivity (Wildman–Crippen MR) is 165 cm³/mol. The lowest BCUT2D eigenvalue weighted by atomic mass is 9.83. The molecule has 3 heterocycles. The van der Waals surface area contributed by atoms with Crippen LogP contribution in [0.5, 0.6) is 0 Å². The van der Waals surface area contributed by atoms with Crippen molar-refractivity contribution >= 4 is 38.9 Å². The summed E-state index contributed by atoms with van der Waals surface area (Å²) in [5, 5.41) is 3.54. The molecule has 1 amide bonds. The summed E-state index contributed by atoms with van der Waals surface area (Å²) in [6.45, 7) is 2.17. The maximum atomic E-state index is 13.5. The molecule has 0 saturated carbocycles. The standard InChI is InChI=1S/C32H30ClFN4O4S/c33-25-7-4-21(5-8-25)14-15-35-32(40)23-6-13-30(28(17-23)36-43(41,42)27-11-9-26(34)10-12-27)37-18-22-16-24(20-37)29-2-1-3-31(39)38(29)19-22/h1-13,17,22,24,36H,14-16,18-20H2,(H,35,40)/t22-,24+/m1/s1. The summed E-state index contributed by atoms with van der Waals surface area (Å²) in [6.07, 6.45) is 1.54. The molecule has 0 aliphatic carbocycles. The molecule has 0 unspecified atom stereocenters. The lowest BCUT2D eigenvalue weighted by Gasteiger charge is -2.44. The number of hydrogen-bond acceptors (Lipinski definition) is 5. The van der Waals surface area contributed by atoms with Crippen LogP contribution in [0, 0.1) is 11.7 Å². The van der Waals surface area contributed by atoms with Gasteiger partial charge in [0.15, 0.2) is 0 Å². The smallest absolute Gasteiger partial charge is 0.261 e. The van der Waals surface area contributed by atoms with Crippen molar-refractivity contribution in [1.29, 1.82) is 0 Å². The Labute approximate surface area is 254 Å². The van der Waals surface area contributed by atoms with Gasteiger partial charge in [-0.2, -0.15) is 0 Å². The van der Waals surface area contributed by atoms with Crippen LogP contribution in [0.4, 0.5) is 15.8 Å². The third-order valence-corrected chi connectivity index (χ3v) is 9.69. The molecule has 0 spiro atoms. The molecule has 1 fully saturated rings. The van der Waals surface area contributed by atoms with E-state index in [1.807, 2.05) is 22.8 Å². The molecule has 2 bridgehead atoms. The molecule has 1 aromatic heterocycles. The predicted octanol–water partition coefficient (Wildman–Crippen LogP) is 5.04. The van der Waals surface area contributed by atoms with Crippen molar-refractivity contribution in [2.45, 2.75) is 30.2 Å². The van der Waals surface area contributed by atoms with Gasteiger partial charge in [-0.15, -0.1) is 0 Å². The first-order chi connectivity index (χ1) is 20.7. The number of halogens is 2. The number of nitrogens with zero attached hydrogens (tertiary/aromatic N) is 2. The fraction of sp³-hybridized carbons (Fsp3) is 0.250. The summed E-state index contributed by atoms with van der Waals surface area (Å²) in [6, 6.07) is 22.3. The van der Waals surface area contributed by atoms with Crippen LogP contribution in [-0.2, 0) is 23.0 Å². The quantitative estimate of drug-likeness (QED) is 0.288. The van der Waals surface area contributed by atoms with Gasteiger partial charge in [-0.05, 0) is 85.0 Å². The number of nitrogens with one attached hydrogen (secondary N) is 2. The summed E-state index contributed by atoms with van der Waals surface area (Å²) in [5.41, 5.74) is 3.15. The van der Waals surface area contributed by atoms with Crippen LogP contribution in [0.15, 0.2) is 94.6 Å². The van der Waals surface area contributed by atoms with Crippen molar-refractivity contribution < 1.29 is 17.6 Å². The van der Waals surface area contributed by atoms with E-state index >= 15 is 0 Å². The van der Waals surface area contributed by atoms with E-state index < -0.39 is 15.8 Å². The Kier molecular flexibility index (Phi) is 7.98. The molecule has 4 aromatic rings. The minimum absolute atomic E-state index is 0.0141. The van der Waals surface area contributed by atoms with Gasteiger partial charge in [0, 0.05) is 54.4 Å². The first-order valence-electron chi connectivity index (χ1n) is 14.1.